The minimum atomic E-state index is -4.73. The summed E-state index contributed by atoms with van der Waals surface area (Å²) in [7, 11) is 0. The molecule has 1 aliphatic carbocycles. The van der Waals surface area contributed by atoms with Crippen LogP contribution in [0.5, 0.6) is 5.75 Å². The quantitative estimate of drug-likeness (QED) is 0.685. The van der Waals surface area contributed by atoms with E-state index in [0.717, 1.165) is 12.8 Å². The lowest BCUT2D eigenvalue weighted by Crippen LogP contribution is -2.20. The molecule has 4 nitrogen and oxygen atoms in total. The number of allylic oxidation sites excluding steroid dienone is 2. The van der Waals surface area contributed by atoms with Gasteiger partial charge >= 0.3 is 12.1 Å². The number of nitrogens with one attached hydrogen (secondary N) is 1. The number of carboxylic acids is 1. The zero-order valence-corrected chi connectivity index (χ0v) is 13.8. The van der Waals surface area contributed by atoms with Crippen molar-refractivity contribution in [3.05, 3.63) is 47.6 Å². The summed E-state index contributed by atoms with van der Waals surface area (Å²) in [5, 5.41) is 12.0. The van der Waals surface area contributed by atoms with E-state index < -0.39 is 29.4 Å². The summed E-state index contributed by atoms with van der Waals surface area (Å²) in [6, 6.07) is 1.80. The molecule has 0 aromatic heterocycles. The molecule has 0 fully saturated rings. The van der Waals surface area contributed by atoms with E-state index in [1.54, 1.807) is 24.3 Å². The van der Waals surface area contributed by atoms with E-state index in [2.05, 4.69) is 5.32 Å². The Bertz CT molecular complexity index is 681. The van der Waals surface area contributed by atoms with Gasteiger partial charge in [-0.25, -0.2) is 4.79 Å². The molecule has 0 amide bonds. The van der Waals surface area contributed by atoms with E-state index in [0.29, 0.717) is 19.0 Å². The number of carboxylic acid groups (broad SMARTS) is 1. The lowest BCUT2D eigenvalue weighted by molar-refractivity contribution is -0.139. The van der Waals surface area contributed by atoms with E-state index in [1.807, 2.05) is 6.92 Å². The van der Waals surface area contributed by atoms with Gasteiger partial charge in [0.05, 0.1) is 11.3 Å². The summed E-state index contributed by atoms with van der Waals surface area (Å²) in [5.41, 5.74) is -1.48. The van der Waals surface area contributed by atoms with Gasteiger partial charge in [-0.3, -0.25) is 0 Å². The second-order valence-corrected chi connectivity index (χ2v) is 5.69. The average Bonchev–Trinajstić information content (AvgIpc) is 2.56. The van der Waals surface area contributed by atoms with Gasteiger partial charge in [-0.2, -0.15) is 13.2 Å². The van der Waals surface area contributed by atoms with E-state index >= 15 is 0 Å². The van der Waals surface area contributed by atoms with Crippen molar-refractivity contribution in [2.45, 2.75) is 38.5 Å². The zero-order chi connectivity index (χ0) is 18.4. The third-order valence-electron chi connectivity index (χ3n) is 3.70. The van der Waals surface area contributed by atoms with Gasteiger partial charge in [0.15, 0.2) is 5.75 Å². The number of aromatic carboxylic acids is 1. The van der Waals surface area contributed by atoms with Crippen molar-refractivity contribution >= 4 is 11.7 Å². The minimum Gasteiger partial charge on any atom is -0.483 e. The topological polar surface area (TPSA) is 58.6 Å². The Labute approximate surface area is 144 Å². The summed E-state index contributed by atoms with van der Waals surface area (Å²) >= 11 is 0. The molecule has 0 spiro atoms. The van der Waals surface area contributed by atoms with Crippen LogP contribution in [0.15, 0.2) is 36.4 Å². The fourth-order valence-corrected chi connectivity index (χ4v) is 2.42. The molecule has 1 aromatic carbocycles. The maximum atomic E-state index is 13.5. The highest BCUT2D eigenvalue weighted by atomic mass is 19.4. The van der Waals surface area contributed by atoms with Crippen molar-refractivity contribution in [3.63, 3.8) is 0 Å². The monoisotopic (exact) mass is 355 g/mol. The van der Waals surface area contributed by atoms with Crippen LogP contribution in [0.25, 0.3) is 0 Å². The summed E-state index contributed by atoms with van der Waals surface area (Å²) < 4.78 is 46.0. The Hall–Kier alpha value is -2.44. The molecule has 0 saturated heterocycles. The van der Waals surface area contributed by atoms with Crippen LogP contribution >= 0.6 is 0 Å². The molecular weight excluding hydrogens is 335 g/mol. The molecule has 0 saturated carbocycles. The summed E-state index contributed by atoms with van der Waals surface area (Å²) in [6.45, 7) is 2.38. The van der Waals surface area contributed by atoms with Gasteiger partial charge in [-0.15, -0.1) is 0 Å². The molecule has 0 radical (unpaired) electrons. The number of rotatable bonds is 7. The Morgan fingerprint density at radius 2 is 2.12 bits per heavy atom. The molecule has 0 heterocycles. The number of alkyl halides is 3. The molecule has 136 valence electrons. The highest BCUT2D eigenvalue weighted by Crippen LogP contribution is 2.42. The second-order valence-electron chi connectivity index (χ2n) is 5.69. The van der Waals surface area contributed by atoms with E-state index in [1.165, 1.54) is 6.07 Å². The number of hydrogen-bond acceptors (Lipinski definition) is 3. The van der Waals surface area contributed by atoms with Gasteiger partial charge in [0.25, 0.3) is 0 Å². The van der Waals surface area contributed by atoms with Crippen molar-refractivity contribution in [2.75, 3.05) is 11.9 Å². The molecule has 0 aliphatic heterocycles. The molecule has 7 heteroatoms. The minimum absolute atomic E-state index is 0.0450. The molecule has 1 atom stereocenters. The SMILES string of the molecule is CCCCNc1cc(C(=O)O)cc(C(F)(F)F)c1OC1C=CC=CC1. The van der Waals surface area contributed by atoms with Gasteiger partial charge in [0, 0.05) is 13.0 Å². The Balaban J connectivity index is 2.47. The number of hydrogen-bond donors (Lipinski definition) is 2. The summed E-state index contributed by atoms with van der Waals surface area (Å²) in [5.74, 6) is -1.78. The molecule has 1 aromatic rings. The first-order valence-corrected chi connectivity index (χ1v) is 8.05. The first-order chi connectivity index (χ1) is 11.8. The molecule has 25 heavy (non-hydrogen) atoms. The first-order valence-electron chi connectivity index (χ1n) is 8.05. The lowest BCUT2D eigenvalue weighted by atomic mass is 10.1. The predicted molar refractivity (Wildman–Crippen MR) is 89.1 cm³/mol. The molecule has 1 aliphatic rings. The van der Waals surface area contributed by atoms with Crippen molar-refractivity contribution in [3.8, 4) is 5.75 Å². The van der Waals surface area contributed by atoms with E-state index in [-0.39, 0.29) is 11.4 Å². The lowest BCUT2D eigenvalue weighted by Gasteiger charge is -2.23. The number of carbonyl (C=O) groups is 1. The molecule has 2 rings (SSSR count). The second kappa shape index (κ2) is 8.09. The Morgan fingerprint density at radius 3 is 2.68 bits per heavy atom. The van der Waals surface area contributed by atoms with Crippen LogP contribution in [0.3, 0.4) is 0 Å². The van der Waals surface area contributed by atoms with Crippen LogP contribution < -0.4 is 10.1 Å². The fraction of sp³-hybridized carbons (Fsp3) is 0.389. The predicted octanol–water partition coefficient (Wildman–Crippen LogP) is 4.88. The molecule has 0 bridgehead atoms. The zero-order valence-electron chi connectivity index (χ0n) is 13.8. The molecular formula is C18H20F3NO3. The van der Waals surface area contributed by atoms with Gasteiger partial charge < -0.3 is 15.2 Å². The number of halogens is 3. The first kappa shape index (κ1) is 18.9. The largest absolute Gasteiger partial charge is 0.483 e. The van der Waals surface area contributed by atoms with Crippen LogP contribution in [0, 0.1) is 0 Å². The van der Waals surface area contributed by atoms with Gasteiger partial charge in [0.2, 0.25) is 0 Å². The number of ether oxygens (including phenoxy) is 1. The Kier molecular flexibility index (Phi) is 6.12. The number of anilines is 1. The van der Waals surface area contributed by atoms with Gasteiger partial charge in [-0.05, 0) is 24.6 Å². The van der Waals surface area contributed by atoms with Crippen molar-refractivity contribution in [1.29, 1.82) is 0 Å². The number of benzene rings is 1. The molecule has 2 N–H and O–H groups in total. The number of unbranched alkanes of at least 4 members (excludes halogenated alkanes) is 1. The summed E-state index contributed by atoms with van der Waals surface area (Å²) in [6.07, 6.45) is 3.74. The maximum Gasteiger partial charge on any atom is 0.420 e. The highest BCUT2D eigenvalue weighted by Gasteiger charge is 2.37. The van der Waals surface area contributed by atoms with Crippen LogP contribution in [-0.2, 0) is 6.18 Å². The third-order valence-corrected chi connectivity index (χ3v) is 3.70. The maximum absolute atomic E-state index is 13.5. The third kappa shape index (κ3) is 5.01. The fourth-order valence-electron chi connectivity index (χ4n) is 2.42. The van der Waals surface area contributed by atoms with Crippen LogP contribution in [0.1, 0.15) is 42.1 Å². The van der Waals surface area contributed by atoms with Crippen LogP contribution in [-0.4, -0.2) is 23.7 Å². The Morgan fingerprint density at radius 1 is 1.36 bits per heavy atom. The van der Waals surface area contributed by atoms with E-state index in [4.69, 9.17) is 9.84 Å². The smallest absolute Gasteiger partial charge is 0.420 e. The standard InChI is InChI=1S/C18H20F3NO3/c1-2-3-9-22-15-11-12(17(23)24)10-14(18(19,20)21)16(15)25-13-7-5-4-6-8-13/h4-7,10-11,13,22H,2-3,8-9H2,1H3,(H,23,24). The van der Waals surface area contributed by atoms with Crippen molar-refractivity contribution in [1.82, 2.24) is 0 Å². The highest BCUT2D eigenvalue weighted by molar-refractivity contribution is 5.90. The van der Waals surface area contributed by atoms with E-state index in [9.17, 15) is 18.0 Å². The van der Waals surface area contributed by atoms with Crippen molar-refractivity contribution in [2.24, 2.45) is 0 Å². The van der Waals surface area contributed by atoms with Crippen LogP contribution in [0.2, 0.25) is 0 Å². The average molecular weight is 355 g/mol. The van der Waals surface area contributed by atoms with Gasteiger partial charge in [0.1, 0.15) is 11.7 Å². The van der Waals surface area contributed by atoms with Gasteiger partial charge in [-0.1, -0.05) is 31.6 Å². The molecule has 1 unspecified atom stereocenters. The van der Waals surface area contributed by atoms with Crippen molar-refractivity contribution < 1.29 is 27.8 Å². The van der Waals surface area contributed by atoms with Crippen LogP contribution in [0.4, 0.5) is 18.9 Å². The summed E-state index contributed by atoms with van der Waals surface area (Å²) in [4.78, 5) is 11.2. The normalized spacial score (nSPS) is 16.7.